The highest BCUT2D eigenvalue weighted by atomic mass is 35.5. The lowest BCUT2D eigenvalue weighted by Crippen LogP contribution is -2.49. The Balaban J connectivity index is 1.65. The van der Waals surface area contributed by atoms with E-state index in [0.29, 0.717) is 34.7 Å². The fraction of sp³-hybridized carbons (Fsp3) is 0.385. The molecule has 8 nitrogen and oxygen atoms in total. The van der Waals surface area contributed by atoms with Crippen molar-refractivity contribution in [2.24, 2.45) is 16.7 Å². The van der Waals surface area contributed by atoms with Crippen molar-refractivity contribution in [1.29, 1.82) is 0 Å². The number of anilines is 1. The number of amides is 2. The van der Waals surface area contributed by atoms with Crippen LogP contribution in [0.3, 0.4) is 0 Å². The number of rotatable bonds is 8. The summed E-state index contributed by atoms with van der Waals surface area (Å²) >= 11 is 5.84. The van der Waals surface area contributed by atoms with Crippen LogP contribution >= 0.6 is 11.6 Å². The van der Waals surface area contributed by atoms with E-state index in [2.05, 4.69) is 10.6 Å². The second kappa shape index (κ2) is 10.1. The van der Waals surface area contributed by atoms with E-state index in [4.69, 9.17) is 11.6 Å². The molecule has 3 rings (SSSR count). The third-order valence-corrected chi connectivity index (χ3v) is 7.64. The summed E-state index contributed by atoms with van der Waals surface area (Å²) in [6.45, 7) is 5.11. The fourth-order valence-electron chi connectivity index (χ4n) is 4.58. The third kappa shape index (κ3) is 5.48. The minimum absolute atomic E-state index is 0.0375. The zero-order chi connectivity index (χ0) is 26.0. The smallest absolute Gasteiger partial charge is 0.326 e. The SMILES string of the molecule is CC1(C(=O)O)CCC(C(=O)N[C@@H](Cc2ccc(NC(=O)c3ccc(Cl)cc3)cc2)C(=O)O)C1(C)C. The van der Waals surface area contributed by atoms with Crippen molar-refractivity contribution in [3.8, 4) is 0 Å². The Morgan fingerprint density at radius 3 is 2.11 bits per heavy atom. The summed E-state index contributed by atoms with van der Waals surface area (Å²) in [6, 6.07) is 12.0. The van der Waals surface area contributed by atoms with Crippen LogP contribution in [-0.2, 0) is 20.8 Å². The van der Waals surface area contributed by atoms with Gasteiger partial charge in [-0.15, -0.1) is 0 Å². The summed E-state index contributed by atoms with van der Waals surface area (Å²) in [5, 5.41) is 25.2. The zero-order valence-electron chi connectivity index (χ0n) is 19.8. The molecule has 2 aromatic rings. The summed E-state index contributed by atoms with van der Waals surface area (Å²) in [5.41, 5.74) is -0.273. The molecule has 0 saturated heterocycles. The number of nitrogens with one attached hydrogen (secondary N) is 2. The lowest BCUT2D eigenvalue weighted by Gasteiger charge is -2.38. The Labute approximate surface area is 208 Å². The van der Waals surface area contributed by atoms with E-state index < -0.39 is 40.6 Å². The molecule has 9 heteroatoms. The molecule has 3 atom stereocenters. The van der Waals surface area contributed by atoms with Gasteiger partial charge in [0.25, 0.3) is 5.91 Å². The Bertz CT molecular complexity index is 1130. The first-order chi connectivity index (χ1) is 16.3. The van der Waals surface area contributed by atoms with Crippen LogP contribution in [0.25, 0.3) is 0 Å². The van der Waals surface area contributed by atoms with E-state index in [1.54, 1.807) is 69.3 Å². The van der Waals surface area contributed by atoms with E-state index >= 15 is 0 Å². The highest BCUT2D eigenvalue weighted by Crippen LogP contribution is 2.56. The first kappa shape index (κ1) is 26.2. The molecular weight excluding hydrogens is 472 g/mol. The zero-order valence-corrected chi connectivity index (χ0v) is 20.6. The first-order valence-corrected chi connectivity index (χ1v) is 11.7. The van der Waals surface area contributed by atoms with Gasteiger partial charge in [0, 0.05) is 28.6 Å². The quantitative estimate of drug-likeness (QED) is 0.428. The maximum Gasteiger partial charge on any atom is 0.326 e. The molecule has 0 radical (unpaired) electrons. The molecule has 0 aliphatic heterocycles. The Morgan fingerprint density at radius 1 is 1.00 bits per heavy atom. The number of hydrogen-bond acceptors (Lipinski definition) is 4. The highest BCUT2D eigenvalue weighted by Gasteiger charge is 2.58. The monoisotopic (exact) mass is 500 g/mol. The molecule has 1 aliphatic carbocycles. The number of hydrogen-bond donors (Lipinski definition) is 4. The molecule has 0 heterocycles. The lowest BCUT2D eigenvalue weighted by molar-refractivity contribution is -0.155. The van der Waals surface area contributed by atoms with Crippen molar-refractivity contribution in [2.45, 2.75) is 46.1 Å². The van der Waals surface area contributed by atoms with Gasteiger partial charge in [-0.25, -0.2) is 4.79 Å². The van der Waals surface area contributed by atoms with E-state index in [9.17, 15) is 29.4 Å². The number of aliphatic carboxylic acids is 2. The number of carboxylic acids is 2. The number of carbonyl (C=O) groups excluding carboxylic acids is 2. The lowest BCUT2D eigenvalue weighted by atomic mass is 9.65. The van der Waals surface area contributed by atoms with Crippen LogP contribution in [0.5, 0.6) is 0 Å². The third-order valence-electron chi connectivity index (χ3n) is 7.39. The maximum absolute atomic E-state index is 13.0. The number of carboxylic acid groups (broad SMARTS) is 2. The van der Waals surface area contributed by atoms with Crippen molar-refractivity contribution >= 4 is 41.0 Å². The molecule has 2 amide bonds. The molecular formula is C26H29ClN2O6. The van der Waals surface area contributed by atoms with E-state index in [-0.39, 0.29) is 12.3 Å². The molecule has 0 aromatic heterocycles. The molecule has 2 unspecified atom stereocenters. The molecule has 1 fully saturated rings. The highest BCUT2D eigenvalue weighted by molar-refractivity contribution is 6.30. The van der Waals surface area contributed by atoms with E-state index in [1.165, 1.54) is 0 Å². The van der Waals surface area contributed by atoms with Crippen LogP contribution in [0.1, 0.15) is 49.5 Å². The number of benzene rings is 2. The van der Waals surface area contributed by atoms with Gasteiger partial charge in [0.15, 0.2) is 0 Å². The van der Waals surface area contributed by atoms with Gasteiger partial charge in [0.1, 0.15) is 6.04 Å². The topological polar surface area (TPSA) is 133 Å². The molecule has 2 aromatic carbocycles. The minimum Gasteiger partial charge on any atom is -0.481 e. The van der Waals surface area contributed by atoms with Crippen LogP contribution in [0.4, 0.5) is 5.69 Å². The predicted molar refractivity (Wildman–Crippen MR) is 131 cm³/mol. The Morgan fingerprint density at radius 2 is 1.60 bits per heavy atom. The molecule has 186 valence electrons. The second-order valence-electron chi connectivity index (χ2n) is 9.71. The second-order valence-corrected chi connectivity index (χ2v) is 10.1. The summed E-state index contributed by atoms with van der Waals surface area (Å²) < 4.78 is 0. The van der Waals surface area contributed by atoms with Gasteiger partial charge in [-0.3, -0.25) is 14.4 Å². The Hall–Kier alpha value is -3.39. The summed E-state index contributed by atoms with van der Waals surface area (Å²) in [6.07, 6.45) is 0.750. The summed E-state index contributed by atoms with van der Waals surface area (Å²) in [7, 11) is 0. The van der Waals surface area contributed by atoms with Crippen LogP contribution in [0, 0.1) is 16.7 Å². The van der Waals surface area contributed by atoms with E-state index in [1.807, 2.05) is 0 Å². The van der Waals surface area contributed by atoms with Crippen molar-refractivity contribution in [3.05, 3.63) is 64.7 Å². The van der Waals surface area contributed by atoms with Gasteiger partial charge < -0.3 is 20.8 Å². The largest absolute Gasteiger partial charge is 0.481 e. The normalized spacial score (nSPS) is 21.7. The van der Waals surface area contributed by atoms with Gasteiger partial charge in [-0.05, 0) is 67.1 Å². The predicted octanol–water partition coefficient (Wildman–Crippen LogP) is 4.23. The average Bonchev–Trinajstić information content (AvgIpc) is 3.04. The van der Waals surface area contributed by atoms with Crippen LogP contribution in [-0.4, -0.2) is 40.0 Å². The van der Waals surface area contributed by atoms with Gasteiger partial charge in [0.05, 0.1) is 5.41 Å². The maximum atomic E-state index is 13.0. The van der Waals surface area contributed by atoms with Crippen molar-refractivity contribution in [1.82, 2.24) is 5.32 Å². The molecule has 4 N–H and O–H groups in total. The molecule has 35 heavy (non-hydrogen) atoms. The number of carbonyl (C=O) groups is 4. The van der Waals surface area contributed by atoms with Crippen LogP contribution in [0.2, 0.25) is 5.02 Å². The van der Waals surface area contributed by atoms with Crippen LogP contribution in [0.15, 0.2) is 48.5 Å². The average molecular weight is 501 g/mol. The van der Waals surface area contributed by atoms with Gasteiger partial charge in [0.2, 0.25) is 5.91 Å². The van der Waals surface area contributed by atoms with Crippen molar-refractivity contribution < 1.29 is 29.4 Å². The van der Waals surface area contributed by atoms with Gasteiger partial charge >= 0.3 is 11.9 Å². The van der Waals surface area contributed by atoms with Crippen LogP contribution < -0.4 is 10.6 Å². The summed E-state index contributed by atoms with van der Waals surface area (Å²) in [5.74, 6) is -3.53. The number of halogens is 1. The summed E-state index contributed by atoms with van der Waals surface area (Å²) in [4.78, 5) is 49.0. The van der Waals surface area contributed by atoms with E-state index in [0.717, 1.165) is 0 Å². The minimum atomic E-state index is -1.18. The van der Waals surface area contributed by atoms with Crippen molar-refractivity contribution in [2.75, 3.05) is 5.32 Å². The molecule has 0 bridgehead atoms. The molecule has 0 spiro atoms. The van der Waals surface area contributed by atoms with Gasteiger partial charge in [-0.1, -0.05) is 37.6 Å². The molecule has 1 aliphatic rings. The first-order valence-electron chi connectivity index (χ1n) is 11.3. The standard InChI is InChI=1S/C26H29ClN2O6/c1-25(2)19(12-13-26(25,3)24(34)35)22(31)29-20(23(32)33)14-15-4-10-18(11-5-15)28-21(30)16-6-8-17(27)9-7-16/h4-11,19-20H,12-14H2,1-3H3,(H,28,30)(H,29,31)(H,32,33)(H,34,35)/t19?,20-,26?/m0/s1. The van der Waals surface area contributed by atoms with Crippen molar-refractivity contribution in [3.63, 3.8) is 0 Å². The fourth-order valence-corrected chi connectivity index (χ4v) is 4.70. The molecule has 1 saturated carbocycles. The Kier molecular flexibility index (Phi) is 7.55. The van der Waals surface area contributed by atoms with Gasteiger partial charge in [-0.2, -0.15) is 0 Å².